The van der Waals surface area contributed by atoms with Crippen molar-refractivity contribution in [2.24, 2.45) is 5.41 Å². The molecule has 0 aromatic carbocycles. The number of anilines is 2. The Morgan fingerprint density at radius 2 is 1.89 bits per heavy atom. The van der Waals surface area contributed by atoms with E-state index in [4.69, 9.17) is 21.1 Å². The topological polar surface area (TPSA) is 104 Å². The highest BCUT2D eigenvalue weighted by molar-refractivity contribution is 6.32. The van der Waals surface area contributed by atoms with Gasteiger partial charge < -0.3 is 25.4 Å². The van der Waals surface area contributed by atoms with Crippen LogP contribution in [0.15, 0.2) is 24.5 Å². The van der Waals surface area contributed by atoms with Crippen LogP contribution in [0.2, 0.25) is 5.15 Å². The molecule has 3 N–H and O–H groups in total. The molecular formula is C27H36ClFN6O2. The zero-order valence-corrected chi connectivity index (χ0v) is 22.3. The van der Waals surface area contributed by atoms with Gasteiger partial charge in [0.15, 0.2) is 0 Å². The summed E-state index contributed by atoms with van der Waals surface area (Å²) in [5.74, 6) is 0.144. The Labute approximate surface area is 223 Å². The SMILES string of the molecule is COCC(C)NC1CCC(Nc2cc(-c3cc(NCC4(C#N)CCOCC4)cnc3Cl)c(F)cn2)CC1. The van der Waals surface area contributed by atoms with Crippen LogP contribution in [0.4, 0.5) is 15.9 Å². The van der Waals surface area contributed by atoms with Gasteiger partial charge in [-0.05, 0) is 57.6 Å². The number of methoxy groups -OCH3 is 1. The van der Waals surface area contributed by atoms with E-state index >= 15 is 0 Å². The maximum absolute atomic E-state index is 14.9. The number of ether oxygens (including phenoxy) is 2. The van der Waals surface area contributed by atoms with E-state index in [-0.39, 0.29) is 11.2 Å². The zero-order chi connectivity index (χ0) is 26.3. The average Bonchev–Trinajstić information content (AvgIpc) is 2.91. The molecule has 2 aromatic rings. The summed E-state index contributed by atoms with van der Waals surface area (Å²) in [6.45, 7) is 4.44. The van der Waals surface area contributed by atoms with Crippen molar-refractivity contribution in [3.63, 3.8) is 0 Å². The summed E-state index contributed by atoms with van der Waals surface area (Å²) >= 11 is 6.40. The molecule has 37 heavy (non-hydrogen) atoms. The molecule has 2 aromatic heterocycles. The first-order chi connectivity index (χ1) is 17.9. The van der Waals surface area contributed by atoms with Crippen molar-refractivity contribution in [1.29, 1.82) is 5.26 Å². The molecule has 1 saturated heterocycles. The van der Waals surface area contributed by atoms with E-state index in [1.54, 1.807) is 25.4 Å². The van der Waals surface area contributed by atoms with Gasteiger partial charge in [-0.3, -0.25) is 0 Å². The maximum Gasteiger partial charge on any atom is 0.149 e. The number of pyridine rings is 2. The smallest absolute Gasteiger partial charge is 0.149 e. The molecule has 3 heterocycles. The number of halogens is 2. The fourth-order valence-electron chi connectivity index (χ4n) is 5.13. The molecule has 2 aliphatic rings. The molecule has 0 amide bonds. The monoisotopic (exact) mass is 530 g/mol. The number of nitriles is 1. The first-order valence-corrected chi connectivity index (χ1v) is 13.3. The quantitative estimate of drug-likeness (QED) is 0.368. The molecule has 1 saturated carbocycles. The molecule has 1 aliphatic heterocycles. The number of nitrogens with one attached hydrogen (secondary N) is 3. The average molecular weight is 531 g/mol. The van der Waals surface area contributed by atoms with Gasteiger partial charge in [0.1, 0.15) is 16.8 Å². The molecule has 1 aliphatic carbocycles. The Bertz CT molecular complexity index is 1080. The molecule has 0 spiro atoms. The summed E-state index contributed by atoms with van der Waals surface area (Å²) in [7, 11) is 1.72. The summed E-state index contributed by atoms with van der Waals surface area (Å²) in [6, 6.07) is 6.98. The van der Waals surface area contributed by atoms with Crippen molar-refractivity contribution >= 4 is 23.1 Å². The fraction of sp³-hybridized carbons (Fsp3) is 0.593. The third-order valence-electron chi connectivity index (χ3n) is 7.32. The van der Waals surface area contributed by atoms with Crippen molar-refractivity contribution < 1.29 is 13.9 Å². The van der Waals surface area contributed by atoms with Crippen LogP contribution in [0.3, 0.4) is 0 Å². The van der Waals surface area contributed by atoms with Gasteiger partial charge in [-0.1, -0.05) is 11.6 Å². The second-order valence-electron chi connectivity index (χ2n) is 10.2. The van der Waals surface area contributed by atoms with E-state index < -0.39 is 11.2 Å². The molecule has 200 valence electrons. The van der Waals surface area contributed by atoms with Gasteiger partial charge in [0.05, 0.1) is 36.2 Å². The minimum absolute atomic E-state index is 0.208. The van der Waals surface area contributed by atoms with Crippen molar-refractivity contribution in [2.45, 2.75) is 63.6 Å². The number of hydrogen-bond donors (Lipinski definition) is 3. The van der Waals surface area contributed by atoms with Crippen LogP contribution >= 0.6 is 11.6 Å². The Kier molecular flexibility index (Phi) is 9.54. The summed E-state index contributed by atoms with van der Waals surface area (Å²) < 4.78 is 25.5. The Balaban J connectivity index is 1.41. The lowest BCUT2D eigenvalue weighted by atomic mass is 9.81. The van der Waals surface area contributed by atoms with Crippen LogP contribution in [-0.4, -0.2) is 61.6 Å². The van der Waals surface area contributed by atoms with Crippen LogP contribution in [0, 0.1) is 22.6 Å². The van der Waals surface area contributed by atoms with Gasteiger partial charge in [-0.2, -0.15) is 5.26 Å². The highest BCUT2D eigenvalue weighted by atomic mass is 35.5. The minimum Gasteiger partial charge on any atom is -0.383 e. The second-order valence-corrected chi connectivity index (χ2v) is 10.5. The lowest BCUT2D eigenvalue weighted by Crippen LogP contribution is -2.42. The van der Waals surface area contributed by atoms with Crippen LogP contribution in [0.1, 0.15) is 45.4 Å². The van der Waals surface area contributed by atoms with Gasteiger partial charge in [0, 0.05) is 56.1 Å². The summed E-state index contributed by atoms with van der Waals surface area (Å²) in [5.41, 5.74) is 1.00. The number of nitrogens with zero attached hydrogens (tertiary/aromatic N) is 3. The number of hydrogen-bond acceptors (Lipinski definition) is 8. The van der Waals surface area contributed by atoms with Gasteiger partial charge in [0.2, 0.25) is 0 Å². The lowest BCUT2D eigenvalue weighted by Gasteiger charge is -2.32. The molecule has 4 rings (SSSR count). The van der Waals surface area contributed by atoms with E-state index in [0.717, 1.165) is 25.7 Å². The molecule has 8 nitrogen and oxygen atoms in total. The summed E-state index contributed by atoms with van der Waals surface area (Å²) in [4.78, 5) is 8.55. The largest absolute Gasteiger partial charge is 0.383 e. The molecule has 0 radical (unpaired) electrons. The standard InChI is InChI=1S/C27H36ClFN6O2/c1-18(15-36-2)34-19-3-5-20(6-4-19)35-25-12-22(24(29)14-31-25)23-11-21(13-32-26(23)28)33-17-27(16-30)7-9-37-10-8-27/h11-14,18-20,33-34H,3-10,15,17H2,1-2H3,(H,31,35). The van der Waals surface area contributed by atoms with E-state index in [9.17, 15) is 9.65 Å². The minimum atomic E-state index is -0.493. The molecule has 2 fully saturated rings. The molecule has 10 heteroatoms. The van der Waals surface area contributed by atoms with Gasteiger partial charge >= 0.3 is 0 Å². The van der Waals surface area contributed by atoms with Crippen LogP contribution < -0.4 is 16.0 Å². The van der Waals surface area contributed by atoms with Crippen LogP contribution in [0.25, 0.3) is 11.1 Å². The first-order valence-electron chi connectivity index (χ1n) is 13.0. The van der Waals surface area contributed by atoms with E-state index in [1.807, 2.05) is 0 Å². The van der Waals surface area contributed by atoms with Crippen LogP contribution in [0.5, 0.6) is 0 Å². The summed E-state index contributed by atoms with van der Waals surface area (Å²) in [6.07, 6.45) is 8.28. The van der Waals surface area contributed by atoms with Crippen molar-refractivity contribution in [2.75, 3.05) is 44.1 Å². The Hall–Kier alpha value is -2.51. The molecule has 0 bridgehead atoms. The maximum atomic E-state index is 14.9. The third kappa shape index (κ3) is 7.29. The highest BCUT2D eigenvalue weighted by Gasteiger charge is 2.32. The molecule has 1 unspecified atom stereocenters. The number of rotatable bonds is 10. The Morgan fingerprint density at radius 1 is 1.16 bits per heavy atom. The molecular weight excluding hydrogens is 495 g/mol. The van der Waals surface area contributed by atoms with Gasteiger partial charge in [-0.15, -0.1) is 0 Å². The normalized spacial score (nSPS) is 22.1. The van der Waals surface area contributed by atoms with Gasteiger partial charge in [-0.25, -0.2) is 14.4 Å². The zero-order valence-electron chi connectivity index (χ0n) is 21.5. The Morgan fingerprint density at radius 3 is 2.59 bits per heavy atom. The third-order valence-corrected chi connectivity index (χ3v) is 7.62. The van der Waals surface area contributed by atoms with Crippen LogP contribution in [-0.2, 0) is 9.47 Å². The predicted molar refractivity (Wildman–Crippen MR) is 143 cm³/mol. The fourth-order valence-corrected chi connectivity index (χ4v) is 5.34. The van der Waals surface area contributed by atoms with E-state index in [1.165, 1.54) is 6.20 Å². The summed E-state index contributed by atoms with van der Waals surface area (Å²) in [5, 5.41) is 20.3. The van der Waals surface area contributed by atoms with Crippen molar-refractivity contribution in [3.05, 3.63) is 35.5 Å². The first kappa shape index (κ1) is 27.5. The van der Waals surface area contributed by atoms with E-state index in [2.05, 4.69) is 38.9 Å². The number of aromatic nitrogens is 2. The molecule has 1 atom stereocenters. The highest BCUT2D eigenvalue weighted by Crippen LogP contribution is 2.34. The predicted octanol–water partition coefficient (Wildman–Crippen LogP) is 5.02. The van der Waals surface area contributed by atoms with Crippen molar-refractivity contribution in [1.82, 2.24) is 15.3 Å². The van der Waals surface area contributed by atoms with E-state index in [0.29, 0.717) is 73.9 Å². The van der Waals surface area contributed by atoms with Gasteiger partial charge in [0.25, 0.3) is 0 Å². The second kappa shape index (κ2) is 12.8. The van der Waals surface area contributed by atoms with Crippen molar-refractivity contribution in [3.8, 4) is 17.2 Å². The lowest BCUT2D eigenvalue weighted by molar-refractivity contribution is 0.0456.